The molecule has 2 amide bonds. The summed E-state index contributed by atoms with van der Waals surface area (Å²) in [5, 5.41) is 7.14. The summed E-state index contributed by atoms with van der Waals surface area (Å²) in [7, 11) is 0. The molecule has 0 aliphatic heterocycles. The quantitative estimate of drug-likeness (QED) is 0.253. The zero-order valence-corrected chi connectivity index (χ0v) is 17.4. The summed E-state index contributed by atoms with van der Waals surface area (Å²) in [6.07, 6.45) is 0. The third-order valence-electron chi connectivity index (χ3n) is 4.44. The number of benzene rings is 3. The Morgan fingerprint density at radius 3 is 2.23 bits per heavy atom. The van der Waals surface area contributed by atoms with Gasteiger partial charge in [-0.2, -0.15) is 0 Å². The smallest absolute Gasteiger partial charge is 0.255 e. The average molecular weight is 443 g/mol. The van der Waals surface area contributed by atoms with Crippen molar-refractivity contribution in [3.8, 4) is 0 Å². The van der Waals surface area contributed by atoms with Gasteiger partial charge in [0.1, 0.15) is 0 Å². The lowest BCUT2D eigenvalue weighted by Gasteiger charge is -2.23. The Hall–Kier alpha value is -2.90. The molecule has 0 heterocycles. The largest absolute Gasteiger partial charge is 0.322 e. The van der Waals surface area contributed by atoms with E-state index in [1.165, 1.54) is 0 Å². The highest BCUT2D eigenvalue weighted by Crippen LogP contribution is 2.31. The molecule has 6 nitrogen and oxygen atoms in total. The molecule has 0 aromatic heterocycles. The van der Waals surface area contributed by atoms with Crippen LogP contribution < -0.4 is 21.9 Å². The van der Waals surface area contributed by atoms with E-state index in [1.807, 2.05) is 30.3 Å². The highest BCUT2D eigenvalue weighted by molar-refractivity contribution is 6.31. The van der Waals surface area contributed by atoms with E-state index in [2.05, 4.69) is 16.1 Å². The number of nitrogens with two attached hydrogens (primary N) is 1. The van der Waals surface area contributed by atoms with Crippen LogP contribution in [0.15, 0.2) is 72.8 Å². The summed E-state index contributed by atoms with van der Waals surface area (Å²) < 4.78 is 0. The Balaban J connectivity index is 1.96. The van der Waals surface area contributed by atoms with Gasteiger partial charge in [0, 0.05) is 21.3 Å². The molecule has 0 bridgehead atoms. The summed E-state index contributed by atoms with van der Waals surface area (Å²) in [6.45, 7) is -0.0207. The first-order valence-corrected chi connectivity index (χ1v) is 9.87. The zero-order valence-electron chi connectivity index (χ0n) is 15.9. The molecule has 3 rings (SSSR count). The maximum atomic E-state index is 12.7. The number of hydrogen-bond acceptors (Lipinski definition) is 4. The first-order chi connectivity index (χ1) is 14.5. The van der Waals surface area contributed by atoms with E-state index in [4.69, 9.17) is 29.0 Å². The Kier molecular flexibility index (Phi) is 7.43. The van der Waals surface area contributed by atoms with Crippen LogP contribution in [0.1, 0.15) is 27.5 Å². The molecular formula is C22H20Cl2N4O2. The van der Waals surface area contributed by atoms with Crippen molar-refractivity contribution < 1.29 is 9.59 Å². The van der Waals surface area contributed by atoms with Crippen LogP contribution in [0.4, 0.5) is 5.69 Å². The van der Waals surface area contributed by atoms with Crippen molar-refractivity contribution in [1.82, 2.24) is 10.7 Å². The van der Waals surface area contributed by atoms with Crippen LogP contribution in [0.3, 0.4) is 0 Å². The van der Waals surface area contributed by atoms with Gasteiger partial charge in [-0.3, -0.25) is 20.3 Å². The number of hydrazine groups is 1. The lowest BCUT2D eigenvalue weighted by molar-refractivity contribution is -0.120. The van der Waals surface area contributed by atoms with Crippen molar-refractivity contribution in [2.45, 2.75) is 6.04 Å². The second-order valence-corrected chi connectivity index (χ2v) is 7.36. The molecule has 0 saturated heterocycles. The van der Waals surface area contributed by atoms with Crippen LogP contribution >= 0.6 is 23.2 Å². The van der Waals surface area contributed by atoms with E-state index < -0.39 is 6.04 Å². The molecule has 1 atom stereocenters. The molecule has 0 saturated carbocycles. The van der Waals surface area contributed by atoms with E-state index in [-0.39, 0.29) is 18.4 Å². The minimum absolute atomic E-state index is 0.0207. The van der Waals surface area contributed by atoms with Crippen molar-refractivity contribution in [2.75, 3.05) is 11.9 Å². The molecule has 30 heavy (non-hydrogen) atoms. The number of halogens is 2. The highest BCUT2D eigenvalue weighted by Gasteiger charge is 2.20. The number of amides is 2. The van der Waals surface area contributed by atoms with Gasteiger partial charge in [0.15, 0.2) is 0 Å². The molecule has 0 radical (unpaired) electrons. The van der Waals surface area contributed by atoms with E-state index in [9.17, 15) is 9.59 Å². The van der Waals surface area contributed by atoms with Crippen LogP contribution in [0.2, 0.25) is 10.0 Å². The van der Waals surface area contributed by atoms with E-state index >= 15 is 0 Å². The number of rotatable bonds is 7. The predicted octanol–water partition coefficient (Wildman–Crippen LogP) is 3.91. The van der Waals surface area contributed by atoms with Gasteiger partial charge in [-0.05, 0) is 53.6 Å². The lowest BCUT2D eigenvalue weighted by Crippen LogP contribution is -2.39. The number of carbonyl (C=O) groups is 2. The summed E-state index contributed by atoms with van der Waals surface area (Å²) in [5.74, 6) is 4.54. The topological polar surface area (TPSA) is 96.2 Å². The minimum atomic E-state index is -0.414. The monoisotopic (exact) mass is 442 g/mol. The van der Waals surface area contributed by atoms with Crippen molar-refractivity contribution in [3.05, 3.63) is 99.5 Å². The number of hydrogen-bond donors (Lipinski definition) is 4. The van der Waals surface area contributed by atoms with Crippen molar-refractivity contribution in [2.24, 2.45) is 5.84 Å². The standard InChI is InChI=1S/C22H20Cl2N4O2/c23-16-8-6-15(7-9-16)22(30)27-19-11-10-17(24)12-18(19)21(26-13-20(29)28-25)14-4-2-1-3-5-14/h1-12,21,26H,13,25H2,(H,27,30)(H,28,29). The molecule has 0 spiro atoms. The third kappa shape index (κ3) is 5.58. The van der Waals surface area contributed by atoms with E-state index in [0.29, 0.717) is 26.9 Å². The molecule has 0 aliphatic rings. The van der Waals surface area contributed by atoms with Crippen molar-refractivity contribution in [3.63, 3.8) is 0 Å². The fourth-order valence-corrected chi connectivity index (χ4v) is 3.29. The summed E-state index contributed by atoms with van der Waals surface area (Å²) in [4.78, 5) is 24.5. The molecule has 3 aromatic carbocycles. The Labute approximate surface area is 184 Å². The number of anilines is 1. The van der Waals surface area contributed by atoms with Gasteiger partial charge in [0.05, 0.1) is 12.6 Å². The fraction of sp³-hybridized carbons (Fsp3) is 0.0909. The minimum Gasteiger partial charge on any atom is -0.322 e. The SMILES string of the molecule is NNC(=O)CNC(c1ccccc1)c1cc(Cl)ccc1NC(=O)c1ccc(Cl)cc1. The zero-order chi connectivity index (χ0) is 21.5. The first kappa shape index (κ1) is 21.8. The maximum absolute atomic E-state index is 12.7. The number of nitrogens with one attached hydrogen (secondary N) is 3. The molecule has 5 N–H and O–H groups in total. The van der Waals surface area contributed by atoms with Crippen molar-refractivity contribution >= 4 is 40.7 Å². The van der Waals surface area contributed by atoms with Gasteiger partial charge < -0.3 is 5.32 Å². The highest BCUT2D eigenvalue weighted by atomic mass is 35.5. The summed E-state index contributed by atoms with van der Waals surface area (Å²) >= 11 is 12.2. The van der Waals surface area contributed by atoms with E-state index in [1.54, 1.807) is 42.5 Å². The third-order valence-corrected chi connectivity index (χ3v) is 4.93. The Morgan fingerprint density at radius 2 is 1.57 bits per heavy atom. The van der Waals surface area contributed by atoms with Gasteiger partial charge in [-0.25, -0.2) is 5.84 Å². The maximum Gasteiger partial charge on any atom is 0.255 e. The van der Waals surface area contributed by atoms with Crippen LogP contribution in [-0.4, -0.2) is 18.4 Å². The molecule has 1 unspecified atom stereocenters. The Morgan fingerprint density at radius 1 is 0.900 bits per heavy atom. The molecule has 8 heteroatoms. The lowest BCUT2D eigenvalue weighted by atomic mass is 9.96. The fourth-order valence-electron chi connectivity index (χ4n) is 2.98. The number of carbonyl (C=O) groups excluding carboxylic acids is 2. The molecule has 3 aromatic rings. The van der Waals surface area contributed by atoms with Crippen molar-refractivity contribution in [1.29, 1.82) is 0 Å². The first-order valence-electron chi connectivity index (χ1n) is 9.12. The van der Waals surface area contributed by atoms with Gasteiger partial charge in [-0.1, -0.05) is 53.5 Å². The Bertz CT molecular complexity index is 1030. The van der Waals surface area contributed by atoms with Gasteiger partial charge in [0.2, 0.25) is 5.91 Å². The second kappa shape index (κ2) is 10.2. The summed E-state index contributed by atoms with van der Waals surface area (Å²) in [6, 6.07) is 20.9. The second-order valence-electron chi connectivity index (χ2n) is 6.48. The van der Waals surface area contributed by atoms with Gasteiger partial charge in [0.25, 0.3) is 5.91 Å². The van der Waals surface area contributed by atoms with Crippen LogP contribution in [0, 0.1) is 0 Å². The van der Waals surface area contributed by atoms with Gasteiger partial charge in [-0.15, -0.1) is 0 Å². The average Bonchev–Trinajstić information content (AvgIpc) is 2.76. The van der Waals surface area contributed by atoms with Crippen LogP contribution in [0.25, 0.3) is 0 Å². The molecule has 154 valence electrons. The van der Waals surface area contributed by atoms with Crippen LogP contribution in [-0.2, 0) is 4.79 Å². The molecular weight excluding hydrogens is 423 g/mol. The van der Waals surface area contributed by atoms with Gasteiger partial charge >= 0.3 is 0 Å². The molecule has 0 aliphatic carbocycles. The van der Waals surface area contributed by atoms with Crippen LogP contribution in [0.5, 0.6) is 0 Å². The normalized spacial score (nSPS) is 11.6. The van der Waals surface area contributed by atoms with E-state index in [0.717, 1.165) is 5.56 Å². The predicted molar refractivity (Wildman–Crippen MR) is 119 cm³/mol. The molecule has 0 fully saturated rings. The summed E-state index contributed by atoms with van der Waals surface area (Å²) in [5.41, 5.74) is 4.73.